The standard InChI is InChI=1S/C8H14NO3PS2/c1-11-8(10)7-3-2-4-9(7)13(14)12-5-6-15-13/h7H,2-6H2,1H3. The van der Waals surface area contributed by atoms with E-state index in [0.717, 1.165) is 25.1 Å². The predicted octanol–water partition coefficient (Wildman–Crippen LogP) is 1.61. The zero-order valence-electron chi connectivity index (χ0n) is 8.55. The lowest BCUT2D eigenvalue weighted by molar-refractivity contribution is -0.144. The lowest BCUT2D eigenvalue weighted by Crippen LogP contribution is -2.33. The summed E-state index contributed by atoms with van der Waals surface area (Å²) in [4.78, 5) is 11.6. The number of ether oxygens (including phenoxy) is 1. The molecule has 0 aromatic carbocycles. The predicted molar refractivity (Wildman–Crippen MR) is 64.4 cm³/mol. The third kappa shape index (κ3) is 2.24. The minimum Gasteiger partial charge on any atom is -0.468 e. The summed E-state index contributed by atoms with van der Waals surface area (Å²) in [6.45, 7) is 1.58. The van der Waals surface area contributed by atoms with Crippen LogP contribution in [0.5, 0.6) is 0 Å². The largest absolute Gasteiger partial charge is 0.468 e. The first-order chi connectivity index (χ1) is 7.17. The zero-order chi connectivity index (χ0) is 10.9. The van der Waals surface area contributed by atoms with Gasteiger partial charge in [-0.05, 0) is 24.6 Å². The molecule has 2 rings (SSSR count). The summed E-state index contributed by atoms with van der Waals surface area (Å²) in [5.74, 6) is 0.773. The molecule has 2 aliphatic heterocycles. The fourth-order valence-electron chi connectivity index (χ4n) is 1.91. The van der Waals surface area contributed by atoms with Gasteiger partial charge in [-0.15, -0.1) is 0 Å². The fourth-order valence-corrected chi connectivity index (χ4v) is 7.93. The van der Waals surface area contributed by atoms with Crippen molar-refractivity contribution in [2.24, 2.45) is 0 Å². The topological polar surface area (TPSA) is 38.8 Å². The first-order valence-corrected chi connectivity index (χ1v) is 9.18. The monoisotopic (exact) mass is 267 g/mol. The molecule has 0 radical (unpaired) electrons. The van der Waals surface area contributed by atoms with Crippen LogP contribution in [-0.4, -0.2) is 42.7 Å². The number of methoxy groups -OCH3 is 1. The molecular formula is C8H14NO3PS2. The minimum absolute atomic E-state index is 0.173. The molecule has 0 spiro atoms. The highest BCUT2D eigenvalue weighted by atomic mass is 32.9. The third-order valence-electron chi connectivity index (χ3n) is 2.60. The van der Waals surface area contributed by atoms with E-state index in [9.17, 15) is 4.79 Å². The number of hydrogen-bond donors (Lipinski definition) is 0. The van der Waals surface area contributed by atoms with E-state index in [2.05, 4.69) is 4.67 Å². The Bertz CT molecular complexity index is 302. The highest BCUT2D eigenvalue weighted by molar-refractivity contribution is 8.69. The van der Waals surface area contributed by atoms with Gasteiger partial charge in [0.15, 0.2) is 5.62 Å². The summed E-state index contributed by atoms with van der Waals surface area (Å²) in [5.41, 5.74) is -1.96. The van der Waals surface area contributed by atoms with E-state index < -0.39 is 5.62 Å². The maximum Gasteiger partial charge on any atom is 0.323 e. The van der Waals surface area contributed by atoms with Gasteiger partial charge >= 0.3 is 5.97 Å². The van der Waals surface area contributed by atoms with E-state index in [4.69, 9.17) is 21.1 Å². The number of nitrogens with zero attached hydrogens (tertiary/aromatic N) is 1. The molecule has 2 aliphatic rings. The minimum atomic E-state index is -1.96. The van der Waals surface area contributed by atoms with Crippen molar-refractivity contribution in [3.05, 3.63) is 0 Å². The Kier molecular flexibility index (Phi) is 3.73. The average molecular weight is 267 g/mol. The molecule has 0 amide bonds. The molecule has 86 valence electrons. The van der Waals surface area contributed by atoms with Gasteiger partial charge < -0.3 is 9.26 Å². The van der Waals surface area contributed by atoms with Crippen molar-refractivity contribution in [1.82, 2.24) is 4.67 Å². The van der Waals surface area contributed by atoms with Crippen LogP contribution in [0.25, 0.3) is 0 Å². The highest BCUT2D eigenvalue weighted by Gasteiger charge is 2.42. The molecule has 2 unspecified atom stereocenters. The summed E-state index contributed by atoms with van der Waals surface area (Å²) in [7, 11) is 1.43. The molecule has 4 nitrogen and oxygen atoms in total. The molecule has 0 bridgehead atoms. The molecule has 2 heterocycles. The van der Waals surface area contributed by atoms with Crippen molar-refractivity contribution in [3.8, 4) is 0 Å². The van der Waals surface area contributed by atoms with E-state index in [1.807, 2.05) is 0 Å². The molecule has 2 fully saturated rings. The molecule has 7 heteroatoms. The normalized spacial score (nSPS) is 37.0. The second-order valence-electron chi connectivity index (χ2n) is 3.48. The van der Waals surface area contributed by atoms with Gasteiger partial charge in [0.2, 0.25) is 0 Å². The SMILES string of the molecule is COC(=O)C1CCCN1P1(=S)OCCS1. The van der Waals surface area contributed by atoms with Crippen molar-refractivity contribution in [2.75, 3.05) is 26.0 Å². The van der Waals surface area contributed by atoms with Crippen molar-refractivity contribution in [3.63, 3.8) is 0 Å². The van der Waals surface area contributed by atoms with Gasteiger partial charge in [0.1, 0.15) is 6.04 Å². The first kappa shape index (κ1) is 11.9. The maximum absolute atomic E-state index is 11.6. The van der Waals surface area contributed by atoms with Crippen LogP contribution < -0.4 is 0 Å². The molecule has 2 saturated heterocycles. The second-order valence-corrected chi connectivity index (χ2v) is 10.3. The summed E-state index contributed by atoms with van der Waals surface area (Å²) in [6, 6.07) is -0.175. The van der Waals surface area contributed by atoms with Crippen LogP contribution in [0, 0.1) is 0 Å². The molecular weight excluding hydrogens is 253 g/mol. The fraction of sp³-hybridized carbons (Fsp3) is 0.875. The molecule has 0 aromatic rings. The number of esters is 1. The summed E-state index contributed by atoms with van der Waals surface area (Å²) < 4.78 is 12.5. The lowest BCUT2D eigenvalue weighted by Gasteiger charge is -2.29. The van der Waals surface area contributed by atoms with E-state index in [1.54, 1.807) is 11.4 Å². The number of carbonyl (C=O) groups excluding carboxylic acids is 1. The molecule has 0 aromatic heterocycles. The zero-order valence-corrected chi connectivity index (χ0v) is 11.1. The smallest absolute Gasteiger partial charge is 0.323 e. The lowest BCUT2D eigenvalue weighted by atomic mass is 10.2. The van der Waals surface area contributed by atoms with Crippen molar-refractivity contribution in [2.45, 2.75) is 18.9 Å². The quantitative estimate of drug-likeness (QED) is 0.559. The molecule has 0 aliphatic carbocycles. The molecule has 0 N–H and O–H groups in total. The Morgan fingerprint density at radius 1 is 1.73 bits per heavy atom. The van der Waals surface area contributed by atoms with Crippen LogP contribution in [0.4, 0.5) is 0 Å². The Hall–Kier alpha value is 0.390. The first-order valence-electron chi connectivity index (χ1n) is 4.91. The van der Waals surface area contributed by atoms with Crippen LogP contribution in [0.1, 0.15) is 12.8 Å². The van der Waals surface area contributed by atoms with E-state index in [-0.39, 0.29) is 12.0 Å². The summed E-state index contributed by atoms with van der Waals surface area (Å²) in [6.07, 6.45) is 1.84. The Morgan fingerprint density at radius 3 is 3.13 bits per heavy atom. The Labute approximate surface area is 98.6 Å². The number of carbonyl (C=O) groups is 1. The number of hydrogen-bond acceptors (Lipinski definition) is 5. The Balaban J connectivity index is 2.14. The third-order valence-corrected chi connectivity index (χ3v) is 9.26. The molecule has 2 atom stereocenters. The molecule has 15 heavy (non-hydrogen) atoms. The van der Waals surface area contributed by atoms with Crippen LogP contribution in [0.2, 0.25) is 0 Å². The Morgan fingerprint density at radius 2 is 2.53 bits per heavy atom. The van der Waals surface area contributed by atoms with Gasteiger partial charge in [0.25, 0.3) is 0 Å². The van der Waals surface area contributed by atoms with Gasteiger partial charge in [0, 0.05) is 12.3 Å². The summed E-state index contributed by atoms with van der Waals surface area (Å²) in [5, 5.41) is 0. The van der Waals surface area contributed by atoms with Crippen molar-refractivity contribution < 1.29 is 14.1 Å². The number of rotatable bonds is 2. The van der Waals surface area contributed by atoms with Crippen LogP contribution >= 0.6 is 17.0 Å². The maximum atomic E-state index is 11.6. The van der Waals surface area contributed by atoms with Gasteiger partial charge in [-0.2, -0.15) is 0 Å². The average Bonchev–Trinajstić information content (AvgIpc) is 2.85. The van der Waals surface area contributed by atoms with Gasteiger partial charge in [-0.25, -0.2) is 4.67 Å². The molecule has 0 saturated carbocycles. The summed E-state index contributed by atoms with van der Waals surface area (Å²) >= 11 is 7.24. The van der Waals surface area contributed by atoms with Crippen LogP contribution in [0.15, 0.2) is 0 Å². The van der Waals surface area contributed by atoms with Crippen LogP contribution in [-0.2, 0) is 25.9 Å². The van der Waals surface area contributed by atoms with E-state index in [1.165, 1.54) is 7.11 Å². The van der Waals surface area contributed by atoms with E-state index in [0.29, 0.717) is 6.61 Å². The highest BCUT2D eigenvalue weighted by Crippen LogP contribution is 2.68. The van der Waals surface area contributed by atoms with Crippen molar-refractivity contribution in [1.29, 1.82) is 0 Å². The van der Waals surface area contributed by atoms with Crippen LogP contribution in [0.3, 0.4) is 0 Å². The van der Waals surface area contributed by atoms with Gasteiger partial charge in [-0.3, -0.25) is 4.79 Å². The van der Waals surface area contributed by atoms with Gasteiger partial charge in [0.05, 0.1) is 13.7 Å². The van der Waals surface area contributed by atoms with Gasteiger partial charge in [-0.1, -0.05) is 11.4 Å². The van der Waals surface area contributed by atoms with E-state index >= 15 is 0 Å². The second kappa shape index (κ2) is 4.72. The van der Waals surface area contributed by atoms with Crippen molar-refractivity contribution >= 4 is 34.8 Å².